The Kier molecular flexibility index (Phi) is 5.05. The molecule has 0 saturated heterocycles. The van der Waals surface area contributed by atoms with Gasteiger partial charge in [-0.1, -0.05) is 23.7 Å². The summed E-state index contributed by atoms with van der Waals surface area (Å²) in [5, 5.41) is 0.703. The SMILES string of the molecule is Cc1cc(C(=O)CCl)ccc1OCc1ccc(Cl)cc1. The van der Waals surface area contributed by atoms with E-state index in [0.717, 1.165) is 16.9 Å². The molecule has 0 heterocycles. The Morgan fingerprint density at radius 3 is 2.45 bits per heavy atom. The molecule has 2 rings (SSSR count). The number of ketones is 1. The summed E-state index contributed by atoms with van der Waals surface area (Å²) in [7, 11) is 0. The number of rotatable bonds is 5. The van der Waals surface area contributed by atoms with E-state index in [1.165, 1.54) is 0 Å². The second kappa shape index (κ2) is 6.78. The van der Waals surface area contributed by atoms with Crippen molar-refractivity contribution in [2.75, 3.05) is 5.88 Å². The lowest BCUT2D eigenvalue weighted by Crippen LogP contribution is -2.02. The number of hydrogen-bond donors (Lipinski definition) is 0. The molecular weight excluding hydrogens is 295 g/mol. The van der Waals surface area contributed by atoms with E-state index in [9.17, 15) is 4.79 Å². The van der Waals surface area contributed by atoms with E-state index in [1.54, 1.807) is 18.2 Å². The van der Waals surface area contributed by atoms with Crippen molar-refractivity contribution in [2.45, 2.75) is 13.5 Å². The van der Waals surface area contributed by atoms with Gasteiger partial charge in [0.15, 0.2) is 5.78 Å². The van der Waals surface area contributed by atoms with Gasteiger partial charge in [0.2, 0.25) is 0 Å². The molecule has 0 aromatic heterocycles. The van der Waals surface area contributed by atoms with Gasteiger partial charge >= 0.3 is 0 Å². The minimum Gasteiger partial charge on any atom is -0.489 e. The zero-order valence-electron chi connectivity index (χ0n) is 11.0. The average Bonchev–Trinajstić information content (AvgIpc) is 2.46. The van der Waals surface area contributed by atoms with Crippen LogP contribution in [0.4, 0.5) is 0 Å². The molecule has 0 unspecified atom stereocenters. The van der Waals surface area contributed by atoms with Crippen molar-refractivity contribution in [1.82, 2.24) is 0 Å². The summed E-state index contributed by atoms with van der Waals surface area (Å²) in [6.07, 6.45) is 0. The van der Waals surface area contributed by atoms with Gasteiger partial charge in [0.05, 0.1) is 5.88 Å². The molecule has 2 aromatic rings. The van der Waals surface area contributed by atoms with Crippen LogP contribution in [0.2, 0.25) is 5.02 Å². The standard InChI is InChI=1S/C16H14Cl2O2/c1-11-8-13(15(19)9-17)4-7-16(11)20-10-12-2-5-14(18)6-3-12/h2-8H,9-10H2,1H3. The van der Waals surface area contributed by atoms with E-state index < -0.39 is 0 Å². The highest BCUT2D eigenvalue weighted by atomic mass is 35.5. The van der Waals surface area contributed by atoms with Gasteiger partial charge < -0.3 is 4.74 Å². The van der Waals surface area contributed by atoms with E-state index in [0.29, 0.717) is 17.2 Å². The fraction of sp³-hybridized carbons (Fsp3) is 0.188. The van der Waals surface area contributed by atoms with Gasteiger partial charge in [-0.25, -0.2) is 0 Å². The molecule has 0 aliphatic rings. The first-order chi connectivity index (χ1) is 9.60. The fourth-order valence-corrected chi connectivity index (χ4v) is 2.08. The van der Waals surface area contributed by atoms with Gasteiger partial charge in [0.25, 0.3) is 0 Å². The van der Waals surface area contributed by atoms with E-state index >= 15 is 0 Å². The Labute approximate surface area is 128 Å². The first kappa shape index (κ1) is 14.9. The number of alkyl halides is 1. The summed E-state index contributed by atoms with van der Waals surface area (Å²) in [4.78, 5) is 11.5. The monoisotopic (exact) mass is 308 g/mol. The van der Waals surface area contributed by atoms with Crippen molar-refractivity contribution in [3.05, 3.63) is 64.2 Å². The van der Waals surface area contributed by atoms with Crippen LogP contribution in [0.25, 0.3) is 0 Å². The molecule has 4 heteroatoms. The van der Waals surface area contributed by atoms with Crippen LogP contribution < -0.4 is 4.74 Å². The van der Waals surface area contributed by atoms with Gasteiger partial charge in [-0.05, 0) is 48.4 Å². The summed E-state index contributed by atoms with van der Waals surface area (Å²) in [5.41, 5.74) is 2.56. The van der Waals surface area contributed by atoms with E-state index in [4.69, 9.17) is 27.9 Å². The van der Waals surface area contributed by atoms with Gasteiger partial charge in [-0.3, -0.25) is 4.79 Å². The Balaban J connectivity index is 2.06. The first-order valence-electron chi connectivity index (χ1n) is 6.17. The summed E-state index contributed by atoms with van der Waals surface area (Å²) in [5.74, 6) is 0.662. The normalized spacial score (nSPS) is 10.3. The smallest absolute Gasteiger partial charge is 0.177 e. The molecule has 0 atom stereocenters. The largest absolute Gasteiger partial charge is 0.489 e. The zero-order chi connectivity index (χ0) is 14.5. The third-order valence-electron chi connectivity index (χ3n) is 2.93. The molecule has 2 aromatic carbocycles. The molecular formula is C16H14Cl2O2. The minimum absolute atomic E-state index is 0.00951. The number of hydrogen-bond acceptors (Lipinski definition) is 2. The quantitative estimate of drug-likeness (QED) is 0.593. The summed E-state index contributed by atoms with van der Waals surface area (Å²) >= 11 is 11.4. The number of benzene rings is 2. The Morgan fingerprint density at radius 2 is 1.85 bits per heavy atom. The van der Waals surface area contributed by atoms with Crippen molar-refractivity contribution < 1.29 is 9.53 Å². The fourth-order valence-electron chi connectivity index (χ4n) is 1.80. The predicted octanol–water partition coefficient (Wildman–Crippen LogP) is 4.65. The maximum Gasteiger partial charge on any atom is 0.177 e. The van der Waals surface area contributed by atoms with Gasteiger partial charge in [-0.15, -0.1) is 11.6 Å². The van der Waals surface area contributed by atoms with Gasteiger partial charge in [-0.2, -0.15) is 0 Å². The lowest BCUT2D eigenvalue weighted by Gasteiger charge is -2.10. The molecule has 0 aliphatic carbocycles. The van der Waals surface area contributed by atoms with E-state index in [2.05, 4.69) is 0 Å². The number of aryl methyl sites for hydroxylation is 1. The zero-order valence-corrected chi connectivity index (χ0v) is 12.5. The lowest BCUT2D eigenvalue weighted by molar-refractivity contribution is 0.102. The second-order valence-corrected chi connectivity index (χ2v) is 5.16. The molecule has 104 valence electrons. The van der Waals surface area contributed by atoms with Crippen LogP contribution >= 0.6 is 23.2 Å². The van der Waals surface area contributed by atoms with Crippen molar-refractivity contribution in [1.29, 1.82) is 0 Å². The third kappa shape index (κ3) is 3.75. The molecule has 0 saturated carbocycles. The Morgan fingerprint density at radius 1 is 1.15 bits per heavy atom. The van der Waals surface area contributed by atoms with Gasteiger partial charge in [0, 0.05) is 10.6 Å². The van der Waals surface area contributed by atoms with Crippen LogP contribution in [0.3, 0.4) is 0 Å². The van der Waals surface area contributed by atoms with Crippen LogP contribution in [0.1, 0.15) is 21.5 Å². The highest BCUT2D eigenvalue weighted by Gasteiger charge is 2.07. The molecule has 0 bridgehead atoms. The van der Waals surface area contributed by atoms with Gasteiger partial charge in [0.1, 0.15) is 12.4 Å². The number of ether oxygens (including phenoxy) is 1. The lowest BCUT2D eigenvalue weighted by atomic mass is 10.1. The van der Waals surface area contributed by atoms with Crippen molar-refractivity contribution >= 4 is 29.0 Å². The third-order valence-corrected chi connectivity index (χ3v) is 3.42. The number of halogens is 2. The molecule has 2 nitrogen and oxygen atoms in total. The van der Waals surface area contributed by atoms with Crippen LogP contribution in [0.5, 0.6) is 5.75 Å². The van der Waals surface area contributed by atoms with Crippen LogP contribution in [-0.2, 0) is 6.61 Å². The van der Waals surface area contributed by atoms with E-state index in [1.807, 2.05) is 31.2 Å². The maximum absolute atomic E-state index is 11.5. The minimum atomic E-state index is -0.0842. The van der Waals surface area contributed by atoms with Crippen LogP contribution in [0, 0.1) is 6.92 Å². The van der Waals surface area contributed by atoms with Crippen molar-refractivity contribution in [3.63, 3.8) is 0 Å². The summed E-state index contributed by atoms with van der Waals surface area (Å²) in [6.45, 7) is 2.36. The van der Waals surface area contributed by atoms with Crippen LogP contribution in [-0.4, -0.2) is 11.7 Å². The van der Waals surface area contributed by atoms with Crippen LogP contribution in [0.15, 0.2) is 42.5 Å². The molecule has 0 amide bonds. The Bertz CT molecular complexity index is 606. The molecule has 20 heavy (non-hydrogen) atoms. The molecule has 0 fully saturated rings. The topological polar surface area (TPSA) is 26.3 Å². The number of carbonyl (C=O) groups is 1. The highest BCUT2D eigenvalue weighted by Crippen LogP contribution is 2.21. The number of Topliss-reactive ketones (excluding diaryl/α,β-unsaturated/α-hetero) is 1. The summed E-state index contributed by atoms with van der Waals surface area (Å²) in [6, 6.07) is 12.8. The molecule has 0 radical (unpaired) electrons. The van der Waals surface area contributed by atoms with Crippen molar-refractivity contribution in [2.24, 2.45) is 0 Å². The number of carbonyl (C=O) groups excluding carboxylic acids is 1. The predicted molar refractivity (Wildman–Crippen MR) is 82.0 cm³/mol. The second-order valence-electron chi connectivity index (χ2n) is 4.45. The molecule has 0 spiro atoms. The summed E-state index contributed by atoms with van der Waals surface area (Å²) < 4.78 is 5.74. The molecule has 0 N–H and O–H groups in total. The first-order valence-corrected chi connectivity index (χ1v) is 7.08. The van der Waals surface area contributed by atoms with E-state index in [-0.39, 0.29) is 11.7 Å². The Hall–Kier alpha value is -1.51. The average molecular weight is 309 g/mol. The molecule has 0 aliphatic heterocycles. The maximum atomic E-state index is 11.5. The van der Waals surface area contributed by atoms with Crippen molar-refractivity contribution in [3.8, 4) is 5.75 Å². The highest BCUT2D eigenvalue weighted by molar-refractivity contribution is 6.30.